The van der Waals surface area contributed by atoms with Crippen LogP contribution in [0.5, 0.6) is 11.5 Å². The van der Waals surface area contributed by atoms with Crippen molar-refractivity contribution < 1.29 is 22.7 Å². The van der Waals surface area contributed by atoms with Crippen molar-refractivity contribution in [3.05, 3.63) is 40.7 Å². The molecule has 0 unspecified atom stereocenters. The van der Waals surface area contributed by atoms with Crippen molar-refractivity contribution >= 4 is 15.7 Å². The first-order valence-electron chi connectivity index (χ1n) is 8.61. The van der Waals surface area contributed by atoms with Gasteiger partial charge in [0.15, 0.2) is 21.3 Å². The van der Waals surface area contributed by atoms with Gasteiger partial charge in [0.1, 0.15) is 6.54 Å². The molecule has 0 aliphatic carbocycles. The summed E-state index contributed by atoms with van der Waals surface area (Å²) >= 11 is 0. The van der Waals surface area contributed by atoms with Gasteiger partial charge in [-0.2, -0.15) is 5.10 Å². The molecule has 1 fully saturated rings. The maximum Gasteiger partial charge on any atom is 0.267 e. The molecule has 1 aliphatic rings. The molecule has 0 radical (unpaired) electrons. The van der Waals surface area contributed by atoms with Crippen molar-refractivity contribution in [1.82, 2.24) is 15.1 Å². The topological polar surface area (TPSA) is 117 Å². The lowest BCUT2D eigenvalue weighted by Crippen LogP contribution is -2.40. The highest BCUT2D eigenvalue weighted by Crippen LogP contribution is 2.31. The van der Waals surface area contributed by atoms with Gasteiger partial charge in [-0.25, -0.2) is 13.1 Å². The van der Waals surface area contributed by atoms with E-state index < -0.39 is 27.3 Å². The summed E-state index contributed by atoms with van der Waals surface area (Å²) in [7, 11) is -0.0490. The number of hydrogen-bond donors (Lipinski definition) is 1. The number of ether oxygens (including phenoxy) is 2. The molecular formula is C18H21N3O6S. The van der Waals surface area contributed by atoms with Gasteiger partial charge in [0.05, 0.1) is 31.4 Å². The Hall–Kier alpha value is -2.88. The summed E-state index contributed by atoms with van der Waals surface area (Å²) in [5.74, 6) is 0.601. The third kappa shape index (κ3) is 4.50. The second-order valence-electron chi connectivity index (χ2n) is 6.45. The number of aromatic nitrogens is 2. The molecule has 1 atom stereocenters. The monoisotopic (exact) mass is 407 g/mol. The van der Waals surface area contributed by atoms with Crippen LogP contribution in [-0.2, 0) is 21.2 Å². The first-order valence-corrected chi connectivity index (χ1v) is 10.4. The molecule has 1 N–H and O–H groups in total. The normalized spacial score (nSPS) is 17.9. The highest BCUT2D eigenvalue weighted by Gasteiger charge is 2.29. The average molecular weight is 407 g/mol. The molecule has 28 heavy (non-hydrogen) atoms. The molecule has 1 aromatic heterocycles. The van der Waals surface area contributed by atoms with Crippen LogP contribution < -0.4 is 20.3 Å². The average Bonchev–Trinajstić information content (AvgIpc) is 3.01. The van der Waals surface area contributed by atoms with Crippen LogP contribution in [-0.4, -0.2) is 55.9 Å². The summed E-state index contributed by atoms with van der Waals surface area (Å²) < 4.78 is 34.5. The van der Waals surface area contributed by atoms with Crippen LogP contribution in [0.25, 0.3) is 11.3 Å². The van der Waals surface area contributed by atoms with Crippen LogP contribution in [0, 0.1) is 0 Å². The van der Waals surface area contributed by atoms with Gasteiger partial charge in [0.25, 0.3) is 5.56 Å². The molecule has 10 heteroatoms. The van der Waals surface area contributed by atoms with Gasteiger partial charge in [-0.05, 0) is 30.7 Å². The van der Waals surface area contributed by atoms with Gasteiger partial charge >= 0.3 is 0 Å². The number of amides is 1. The molecule has 0 saturated carbocycles. The Kier molecular flexibility index (Phi) is 5.68. The molecule has 0 bridgehead atoms. The number of rotatable bonds is 6. The van der Waals surface area contributed by atoms with Gasteiger partial charge in [-0.15, -0.1) is 0 Å². The first-order chi connectivity index (χ1) is 13.3. The largest absolute Gasteiger partial charge is 0.493 e. The molecule has 9 nitrogen and oxygen atoms in total. The number of nitrogens with zero attached hydrogens (tertiary/aromatic N) is 2. The van der Waals surface area contributed by atoms with Crippen LogP contribution in [0.4, 0.5) is 0 Å². The van der Waals surface area contributed by atoms with Crippen molar-refractivity contribution in [3.63, 3.8) is 0 Å². The Morgan fingerprint density at radius 1 is 1.21 bits per heavy atom. The molecule has 1 saturated heterocycles. The predicted octanol–water partition coefficient (Wildman–Crippen LogP) is 0.231. The zero-order valence-electron chi connectivity index (χ0n) is 15.5. The van der Waals surface area contributed by atoms with Crippen molar-refractivity contribution in [3.8, 4) is 22.8 Å². The van der Waals surface area contributed by atoms with Crippen molar-refractivity contribution in [1.29, 1.82) is 0 Å². The first kappa shape index (κ1) is 19.9. The SMILES string of the molecule is COc1ccc(-c2ccc(=O)n(CC(=O)N[C@H]3CCS(=O)(=O)C3)n2)cc1OC. The Labute approximate surface area is 162 Å². The van der Waals surface area contributed by atoms with E-state index in [2.05, 4.69) is 10.4 Å². The highest BCUT2D eigenvalue weighted by molar-refractivity contribution is 7.91. The lowest BCUT2D eigenvalue weighted by Gasteiger charge is -2.12. The molecule has 1 amide bonds. The van der Waals surface area contributed by atoms with E-state index in [1.54, 1.807) is 24.3 Å². The summed E-state index contributed by atoms with van der Waals surface area (Å²) in [6, 6.07) is 7.66. The second-order valence-corrected chi connectivity index (χ2v) is 8.68. The fourth-order valence-corrected chi connectivity index (χ4v) is 4.70. The maximum absolute atomic E-state index is 12.2. The van der Waals surface area contributed by atoms with E-state index >= 15 is 0 Å². The third-order valence-corrected chi connectivity index (χ3v) is 6.20. The van der Waals surface area contributed by atoms with Gasteiger partial charge in [-0.3, -0.25) is 9.59 Å². The minimum atomic E-state index is -3.10. The summed E-state index contributed by atoms with van der Waals surface area (Å²) in [5.41, 5.74) is 0.740. The van der Waals surface area contributed by atoms with E-state index in [9.17, 15) is 18.0 Å². The zero-order chi connectivity index (χ0) is 20.3. The molecule has 2 aromatic rings. The quantitative estimate of drug-likeness (QED) is 0.729. The number of benzene rings is 1. The lowest BCUT2D eigenvalue weighted by molar-refractivity contribution is -0.122. The van der Waals surface area contributed by atoms with Gasteiger partial charge in [0.2, 0.25) is 5.91 Å². The Morgan fingerprint density at radius 2 is 1.96 bits per heavy atom. The summed E-state index contributed by atoms with van der Waals surface area (Å²) in [6.45, 7) is -0.295. The van der Waals surface area contributed by atoms with E-state index in [1.807, 2.05) is 0 Å². The van der Waals surface area contributed by atoms with Crippen LogP contribution in [0.3, 0.4) is 0 Å². The predicted molar refractivity (Wildman–Crippen MR) is 102 cm³/mol. The van der Waals surface area contributed by atoms with Crippen LogP contribution >= 0.6 is 0 Å². The van der Waals surface area contributed by atoms with E-state index in [-0.39, 0.29) is 18.1 Å². The standard InChI is InChI=1S/C18H21N3O6S/c1-26-15-5-3-12(9-16(15)27-2)14-4-6-18(23)21(20-14)10-17(22)19-13-7-8-28(24,25)11-13/h3-6,9,13H,7-8,10-11H2,1-2H3,(H,19,22)/t13-/m0/s1. The number of nitrogens with one attached hydrogen (secondary N) is 1. The number of methoxy groups -OCH3 is 2. The lowest BCUT2D eigenvalue weighted by atomic mass is 10.1. The maximum atomic E-state index is 12.2. The number of carbonyl (C=O) groups is 1. The van der Waals surface area contributed by atoms with Gasteiger partial charge < -0.3 is 14.8 Å². The summed E-state index contributed by atoms with van der Waals surface area (Å²) in [6.07, 6.45) is 0.377. The summed E-state index contributed by atoms with van der Waals surface area (Å²) in [5, 5.41) is 6.89. The summed E-state index contributed by atoms with van der Waals surface area (Å²) in [4.78, 5) is 24.3. The molecule has 0 spiro atoms. The molecule has 1 aliphatic heterocycles. The molecule has 1 aromatic carbocycles. The van der Waals surface area contributed by atoms with Crippen LogP contribution in [0.2, 0.25) is 0 Å². The van der Waals surface area contributed by atoms with Gasteiger partial charge in [0, 0.05) is 17.7 Å². The molecule has 3 rings (SSSR count). The number of carbonyl (C=O) groups excluding carboxylic acids is 1. The fourth-order valence-electron chi connectivity index (χ4n) is 3.03. The minimum absolute atomic E-state index is 0.0604. The Morgan fingerprint density at radius 3 is 2.61 bits per heavy atom. The molecule has 150 valence electrons. The number of sulfone groups is 1. The molecule has 2 heterocycles. The minimum Gasteiger partial charge on any atom is -0.493 e. The highest BCUT2D eigenvalue weighted by atomic mass is 32.2. The zero-order valence-corrected chi connectivity index (χ0v) is 16.4. The number of hydrogen-bond acceptors (Lipinski definition) is 7. The second kappa shape index (κ2) is 8.01. The van der Waals surface area contributed by atoms with Crippen LogP contribution in [0.1, 0.15) is 6.42 Å². The van der Waals surface area contributed by atoms with E-state index in [1.165, 1.54) is 20.3 Å². The third-order valence-electron chi connectivity index (χ3n) is 4.44. The van der Waals surface area contributed by atoms with Crippen molar-refractivity contribution in [2.45, 2.75) is 19.0 Å². The smallest absolute Gasteiger partial charge is 0.267 e. The van der Waals surface area contributed by atoms with E-state index in [0.717, 1.165) is 4.68 Å². The van der Waals surface area contributed by atoms with E-state index in [4.69, 9.17) is 9.47 Å². The fraction of sp³-hybridized carbons (Fsp3) is 0.389. The Bertz CT molecular complexity index is 1050. The van der Waals surface area contributed by atoms with Crippen molar-refractivity contribution in [2.75, 3.05) is 25.7 Å². The molecular weight excluding hydrogens is 386 g/mol. The van der Waals surface area contributed by atoms with E-state index in [0.29, 0.717) is 29.2 Å². The van der Waals surface area contributed by atoms with Gasteiger partial charge in [-0.1, -0.05) is 0 Å². The van der Waals surface area contributed by atoms with Crippen LogP contribution in [0.15, 0.2) is 35.1 Å². The Balaban J connectivity index is 1.78. The van der Waals surface area contributed by atoms with Crippen molar-refractivity contribution in [2.24, 2.45) is 0 Å².